The van der Waals surface area contributed by atoms with E-state index in [0.717, 1.165) is 20.8 Å². The Morgan fingerprint density at radius 2 is 1.42 bits per heavy atom. The number of Topliss-reactive ketones (excluding diaryl/α,β-unsaturated/α-hetero) is 3. The number of benzene rings is 1. The highest BCUT2D eigenvalue weighted by Crippen LogP contribution is 2.40. The van der Waals surface area contributed by atoms with E-state index in [1.165, 1.54) is 12.1 Å². The first-order valence-electron chi connectivity index (χ1n) is 5.44. The van der Waals surface area contributed by atoms with Crippen LogP contribution in [-0.4, -0.2) is 22.5 Å². The van der Waals surface area contributed by atoms with Gasteiger partial charge in [-0.05, 0) is 32.9 Å². The third kappa shape index (κ3) is 2.30. The van der Waals surface area contributed by atoms with Crippen LogP contribution in [0.15, 0.2) is 21.9 Å². The number of hydrogen-bond donors (Lipinski definition) is 3. The Hall–Kier alpha value is -1.27. The van der Waals surface area contributed by atoms with Gasteiger partial charge >= 0.3 is 0 Å². The van der Waals surface area contributed by atoms with Crippen molar-refractivity contribution in [2.75, 3.05) is 0 Å². The predicted octanol–water partition coefficient (Wildman–Crippen LogP) is 1.97. The molecule has 0 aliphatic rings. The minimum absolute atomic E-state index is 0.00750. The zero-order valence-electron chi connectivity index (χ0n) is 10.7. The van der Waals surface area contributed by atoms with Gasteiger partial charge in [-0.15, -0.1) is 25.3 Å². The van der Waals surface area contributed by atoms with Crippen molar-refractivity contribution in [1.82, 2.24) is 0 Å². The molecule has 1 aromatic rings. The summed E-state index contributed by atoms with van der Waals surface area (Å²) in [5.74, 6) is -2.08. The van der Waals surface area contributed by atoms with Crippen molar-refractivity contribution in [3.8, 4) is 5.75 Å². The summed E-state index contributed by atoms with van der Waals surface area (Å²) in [5, 5.41) is 9.69. The number of hydrogen-bond acceptors (Lipinski definition) is 6. The largest absolute Gasteiger partial charge is 0.507 e. The highest BCUT2D eigenvalue weighted by atomic mass is 32.1. The normalized spacial score (nSPS) is 11.2. The van der Waals surface area contributed by atoms with E-state index < -0.39 is 22.8 Å². The van der Waals surface area contributed by atoms with Crippen molar-refractivity contribution in [3.05, 3.63) is 17.7 Å². The molecule has 0 unspecified atom stereocenters. The fraction of sp³-hybridized carbons (Fsp3) is 0.308. The monoisotopic (exact) mass is 298 g/mol. The quantitative estimate of drug-likeness (QED) is 0.587. The minimum Gasteiger partial charge on any atom is -0.507 e. The van der Waals surface area contributed by atoms with Gasteiger partial charge in [-0.2, -0.15) is 0 Å². The maximum absolute atomic E-state index is 12.0. The SMILES string of the molecule is CC(=O)C(C(C)=O)(C(C)=O)c1c(S)ccc(O)c1S. The van der Waals surface area contributed by atoms with Crippen LogP contribution in [-0.2, 0) is 19.8 Å². The molecule has 1 rings (SSSR count). The van der Waals surface area contributed by atoms with E-state index in [2.05, 4.69) is 25.3 Å². The number of phenolic OH excluding ortho intramolecular Hbond substituents is 1. The van der Waals surface area contributed by atoms with Crippen LogP contribution >= 0.6 is 25.3 Å². The van der Waals surface area contributed by atoms with Crippen molar-refractivity contribution in [3.63, 3.8) is 0 Å². The van der Waals surface area contributed by atoms with E-state index in [1.807, 2.05) is 0 Å². The Morgan fingerprint density at radius 1 is 1.00 bits per heavy atom. The van der Waals surface area contributed by atoms with Crippen LogP contribution < -0.4 is 0 Å². The molecule has 0 aliphatic heterocycles. The van der Waals surface area contributed by atoms with E-state index in [1.54, 1.807) is 0 Å². The molecule has 0 saturated heterocycles. The highest BCUT2D eigenvalue weighted by Gasteiger charge is 2.49. The number of thiol groups is 2. The molecule has 0 aliphatic carbocycles. The molecule has 102 valence electrons. The van der Waals surface area contributed by atoms with Crippen LogP contribution in [0, 0.1) is 0 Å². The summed E-state index contributed by atoms with van der Waals surface area (Å²) < 4.78 is 0. The fourth-order valence-electron chi connectivity index (χ4n) is 2.21. The summed E-state index contributed by atoms with van der Waals surface area (Å²) in [6.45, 7) is 3.48. The molecule has 1 N–H and O–H groups in total. The van der Waals surface area contributed by atoms with Crippen molar-refractivity contribution < 1.29 is 19.5 Å². The van der Waals surface area contributed by atoms with Gasteiger partial charge in [0.05, 0.1) is 4.90 Å². The fourth-order valence-corrected chi connectivity index (χ4v) is 3.02. The van der Waals surface area contributed by atoms with Crippen LogP contribution in [0.3, 0.4) is 0 Å². The lowest BCUT2D eigenvalue weighted by molar-refractivity contribution is -0.140. The second-order valence-corrected chi connectivity index (χ2v) is 5.17. The molecule has 0 amide bonds. The Balaban J connectivity index is 3.89. The molecular formula is C13H14O4S2. The van der Waals surface area contributed by atoms with Gasteiger partial charge in [0.25, 0.3) is 0 Å². The Kier molecular flexibility index (Phi) is 4.47. The maximum atomic E-state index is 12.0. The average molecular weight is 298 g/mol. The van der Waals surface area contributed by atoms with Crippen molar-refractivity contribution in [1.29, 1.82) is 0 Å². The molecule has 1 aromatic carbocycles. The first kappa shape index (κ1) is 15.8. The van der Waals surface area contributed by atoms with E-state index >= 15 is 0 Å². The molecule has 0 radical (unpaired) electrons. The molecule has 0 spiro atoms. The number of phenols is 1. The van der Waals surface area contributed by atoms with Gasteiger partial charge < -0.3 is 5.11 Å². The Labute approximate surface area is 122 Å². The topological polar surface area (TPSA) is 71.4 Å². The third-order valence-electron chi connectivity index (χ3n) is 3.09. The standard InChI is InChI=1S/C13H14O4S2/c1-6(14)13(7(2)15,8(3)16)11-10(18)5-4-9(17)12(11)19/h4-5,17-19H,1-3H3. The van der Waals surface area contributed by atoms with Gasteiger partial charge in [0.1, 0.15) is 5.75 Å². The van der Waals surface area contributed by atoms with Gasteiger partial charge in [0, 0.05) is 10.5 Å². The summed E-state index contributed by atoms with van der Waals surface area (Å²) in [5.41, 5.74) is -1.93. The first-order valence-corrected chi connectivity index (χ1v) is 6.34. The van der Waals surface area contributed by atoms with Gasteiger partial charge in [0.2, 0.25) is 0 Å². The van der Waals surface area contributed by atoms with E-state index in [9.17, 15) is 19.5 Å². The molecule has 0 heterocycles. The zero-order chi connectivity index (χ0) is 15.0. The number of carbonyl (C=O) groups is 3. The van der Waals surface area contributed by atoms with E-state index in [0.29, 0.717) is 0 Å². The van der Waals surface area contributed by atoms with E-state index in [4.69, 9.17) is 0 Å². The van der Waals surface area contributed by atoms with Crippen molar-refractivity contribution >= 4 is 42.6 Å². The lowest BCUT2D eigenvalue weighted by Gasteiger charge is -2.29. The molecule has 0 aromatic heterocycles. The molecule has 4 nitrogen and oxygen atoms in total. The lowest BCUT2D eigenvalue weighted by atomic mass is 9.71. The second kappa shape index (κ2) is 5.38. The lowest BCUT2D eigenvalue weighted by Crippen LogP contribution is -2.48. The molecule has 0 atom stereocenters. The van der Waals surface area contributed by atoms with Gasteiger partial charge in [-0.1, -0.05) is 0 Å². The van der Waals surface area contributed by atoms with Crippen LogP contribution in [0.4, 0.5) is 0 Å². The third-order valence-corrected chi connectivity index (χ3v) is 3.92. The number of aromatic hydroxyl groups is 1. The summed E-state index contributed by atoms with van der Waals surface area (Å²) in [4.78, 5) is 36.2. The summed E-state index contributed by atoms with van der Waals surface area (Å²) >= 11 is 8.28. The maximum Gasteiger partial charge on any atom is 0.171 e. The van der Waals surface area contributed by atoms with E-state index in [-0.39, 0.29) is 21.1 Å². The Morgan fingerprint density at radius 3 is 1.79 bits per heavy atom. The average Bonchev–Trinajstić information content (AvgIpc) is 2.27. The predicted molar refractivity (Wildman–Crippen MR) is 76.3 cm³/mol. The molecule has 6 heteroatoms. The second-order valence-electron chi connectivity index (χ2n) is 4.25. The molecule has 0 saturated carbocycles. The highest BCUT2D eigenvalue weighted by molar-refractivity contribution is 7.81. The molecule has 0 fully saturated rings. The summed E-state index contributed by atoms with van der Waals surface area (Å²) in [6.07, 6.45) is 0. The van der Waals surface area contributed by atoms with Crippen LogP contribution in [0.5, 0.6) is 5.75 Å². The minimum atomic E-state index is -1.97. The van der Waals surface area contributed by atoms with Crippen LogP contribution in [0.25, 0.3) is 0 Å². The van der Waals surface area contributed by atoms with Crippen molar-refractivity contribution in [2.45, 2.75) is 36.0 Å². The van der Waals surface area contributed by atoms with Crippen molar-refractivity contribution in [2.24, 2.45) is 0 Å². The first-order chi connectivity index (χ1) is 8.67. The van der Waals surface area contributed by atoms with Gasteiger partial charge in [-0.25, -0.2) is 0 Å². The van der Waals surface area contributed by atoms with Crippen LogP contribution in [0.1, 0.15) is 26.3 Å². The Bertz CT molecular complexity index is 542. The zero-order valence-corrected chi connectivity index (χ0v) is 12.5. The summed E-state index contributed by atoms with van der Waals surface area (Å²) in [7, 11) is 0. The number of rotatable bonds is 4. The molecule has 19 heavy (non-hydrogen) atoms. The summed E-state index contributed by atoms with van der Waals surface area (Å²) in [6, 6.07) is 2.75. The van der Waals surface area contributed by atoms with Gasteiger partial charge in [-0.3, -0.25) is 14.4 Å². The van der Waals surface area contributed by atoms with Gasteiger partial charge in [0.15, 0.2) is 22.8 Å². The van der Waals surface area contributed by atoms with Crippen LogP contribution in [0.2, 0.25) is 0 Å². The molecule has 0 bridgehead atoms. The number of carbonyl (C=O) groups excluding carboxylic acids is 3. The molecular weight excluding hydrogens is 284 g/mol. The smallest absolute Gasteiger partial charge is 0.171 e. The number of ketones is 3.